The van der Waals surface area contributed by atoms with E-state index in [0.29, 0.717) is 21.5 Å². The average molecular weight is 411 g/mol. The van der Waals surface area contributed by atoms with Crippen LogP contribution in [-0.2, 0) is 9.53 Å². The predicted octanol–water partition coefficient (Wildman–Crippen LogP) is 5.90. The second-order valence-electron chi connectivity index (χ2n) is 6.32. The highest BCUT2D eigenvalue weighted by molar-refractivity contribution is 6.36. The van der Waals surface area contributed by atoms with Gasteiger partial charge in [-0.15, -0.1) is 5.10 Å². The summed E-state index contributed by atoms with van der Waals surface area (Å²) in [5.41, 5.74) is 3.48. The van der Waals surface area contributed by atoms with Crippen LogP contribution < -0.4 is 0 Å². The number of carbonyl (C=O) groups is 1. The second kappa shape index (κ2) is 7.66. The third kappa shape index (κ3) is 3.49. The zero-order valence-corrected chi connectivity index (χ0v) is 16.5. The minimum Gasteiger partial charge on any atom is -0.446 e. The van der Waals surface area contributed by atoms with Crippen molar-refractivity contribution in [3.05, 3.63) is 94.0 Å². The smallest absolute Gasteiger partial charge is 0.243 e. The van der Waals surface area contributed by atoms with Crippen molar-refractivity contribution in [1.82, 2.24) is 5.01 Å². The Kier molecular flexibility index (Phi) is 5.07. The van der Waals surface area contributed by atoms with Crippen molar-refractivity contribution in [2.45, 2.75) is 13.2 Å². The largest absolute Gasteiger partial charge is 0.446 e. The van der Waals surface area contributed by atoms with Crippen LogP contribution in [-0.4, -0.2) is 16.8 Å². The summed E-state index contributed by atoms with van der Waals surface area (Å²) in [4.78, 5) is 12.1. The molecule has 0 spiro atoms. The summed E-state index contributed by atoms with van der Waals surface area (Å²) in [5, 5.41) is 6.45. The summed E-state index contributed by atoms with van der Waals surface area (Å²) < 4.78 is 6.00. The van der Waals surface area contributed by atoms with Gasteiger partial charge in [-0.25, -0.2) is 0 Å². The molecule has 0 radical (unpaired) electrons. The van der Waals surface area contributed by atoms with Gasteiger partial charge in [-0.05, 0) is 35.4 Å². The van der Waals surface area contributed by atoms with Crippen LogP contribution in [0.25, 0.3) is 11.1 Å². The molecule has 0 fully saturated rings. The molecule has 0 N–H and O–H groups in total. The highest BCUT2D eigenvalue weighted by Crippen LogP contribution is 2.38. The SMILES string of the molecule is CC(=O)N1N=C(c2ccc(-c3ccccc3)cc2)O[C@H]1c1c(Cl)cccc1Cl. The minimum atomic E-state index is -0.803. The van der Waals surface area contributed by atoms with Crippen molar-refractivity contribution < 1.29 is 9.53 Å². The number of nitrogens with zero attached hydrogens (tertiary/aromatic N) is 2. The number of hydrazone groups is 1. The van der Waals surface area contributed by atoms with E-state index in [1.54, 1.807) is 18.2 Å². The van der Waals surface area contributed by atoms with Gasteiger partial charge in [-0.3, -0.25) is 4.79 Å². The van der Waals surface area contributed by atoms with E-state index in [9.17, 15) is 4.79 Å². The van der Waals surface area contributed by atoms with Gasteiger partial charge >= 0.3 is 0 Å². The molecule has 0 unspecified atom stereocenters. The molecule has 1 atom stereocenters. The van der Waals surface area contributed by atoms with Gasteiger partial charge in [-0.2, -0.15) is 5.01 Å². The molecule has 0 saturated carbocycles. The Bertz CT molecular complexity index is 1030. The molecule has 0 saturated heterocycles. The van der Waals surface area contributed by atoms with Crippen LogP contribution in [0.15, 0.2) is 77.9 Å². The number of hydrogen-bond donors (Lipinski definition) is 0. The van der Waals surface area contributed by atoms with Gasteiger partial charge in [0.05, 0.1) is 15.6 Å². The molecule has 28 heavy (non-hydrogen) atoms. The minimum absolute atomic E-state index is 0.267. The van der Waals surface area contributed by atoms with Crippen molar-refractivity contribution in [2.24, 2.45) is 5.10 Å². The van der Waals surface area contributed by atoms with E-state index in [1.165, 1.54) is 11.9 Å². The van der Waals surface area contributed by atoms with Gasteiger partial charge in [0.15, 0.2) is 0 Å². The summed E-state index contributed by atoms with van der Waals surface area (Å²) in [7, 11) is 0. The zero-order chi connectivity index (χ0) is 19.7. The number of ether oxygens (including phenoxy) is 1. The van der Waals surface area contributed by atoms with Crippen molar-refractivity contribution in [3.8, 4) is 11.1 Å². The van der Waals surface area contributed by atoms with E-state index in [2.05, 4.69) is 5.10 Å². The molecule has 1 aliphatic heterocycles. The van der Waals surface area contributed by atoms with Crippen LogP contribution >= 0.6 is 23.2 Å². The van der Waals surface area contributed by atoms with Crippen molar-refractivity contribution in [3.63, 3.8) is 0 Å². The Morgan fingerprint density at radius 1 is 0.857 bits per heavy atom. The average Bonchev–Trinajstić information content (AvgIpc) is 3.14. The van der Waals surface area contributed by atoms with Crippen LogP contribution in [0.3, 0.4) is 0 Å². The fraction of sp³-hybridized carbons (Fsp3) is 0.0909. The van der Waals surface area contributed by atoms with Crippen LogP contribution in [0.5, 0.6) is 0 Å². The molecular formula is C22H16Cl2N2O2. The summed E-state index contributed by atoms with van der Waals surface area (Å²) >= 11 is 12.6. The molecular weight excluding hydrogens is 395 g/mol. The lowest BCUT2D eigenvalue weighted by molar-refractivity contribution is -0.135. The molecule has 3 aromatic rings. The Hall–Kier alpha value is -2.82. The zero-order valence-electron chi connectivity index (χ0n) is 15.0. The molecule has 0 aliphatic carbocycles. The first-order valence-electron chi connectivity index (χ1n) is 8.69. The van der Waals surface area contributed by atoms with Gasteiger partial charge in [0, 0.05) is 12.5 Å². The number of amides is 1. The summed E-state index contributed by atoms with van der Waals surface area (Å²) in [5.74, 6) is 0.0766. The fourth-order valence-electron chi connectivity index (χ4n) is 3.05. The highest BCUT2D eigenvalue weighted by Gasteiger charge is 2.35. The van der Waals surface area contributed by atoms with E-state index >= 15 is 0 Å². The monoisotopic (exact) mass is 410 g/mol. The van der Waals surface area contributed by atoms with E-state index in [0.717, 1.165) is 16.7 Å². The molecule has 4 rings (SSSR count). The molecule has 1 heterocycles. The summed E-state index contributed by atoms with van der Waals surface area (Å²) in [6, 6.07) is 23.0. The quantitative estimate of drug-likeness (QED) is 0.539. The van der Waals surface area contributed by atoms with E-state index in [1.807, 2.05) is 54.6 Å². The van der Waals surface area contributed by atoms with Gasteiger partial charge in [-0.1, -0.05) is 71.7 Å². The molecule has 0 aromatic heterocycles. The fourth-order valence-corrected chi connectivity index (χ4v) is 3.64. The maximum Gasteiger partial charge on any atom is 0.243 e. The Balaban J connectivity index is 1.66. The summed E-state index contributed by atoms with van der Waals surface area (Å²) in [6.45, 7) is 1.42. The van der Waals surface area contributed by atoms with Gasteiger partial charge in [0.2, 0.25) is 18.0 Å². The van der Waals surface area contributed by atoms with Crippen molar-refractivity contribution >= 4 is 35.0 Å². The van der Waals surface area contributed by atoms with Crippen molar-refractivity contribution in [2.75, 3.05) is 0 Å². The van der Waals surface area contributed by atoms with Crippen LogP contribution in [0.1, 0.15) is 24.3 Å². The van der Waals surface area contributed by atoms with Crippen LogP contribution in [0.2, 0.25) is 10.0 Å². The van der Waals surface area contributed by atoms with Crippen LogP contribution in [0, 0.1) is 0 Å². The highest BCUT2D eigenvalue weighted by atomic mass is 35.5. The predicted molar refractivity (Wildman–Crippen MR) is 111 cm³/mol. The third-order valence-corrected chi connectivity index (χ3v) is 5.11. The first-order valence-corrected chi connectivity index (χ1v) is 9.45. The van der Waals surface area contributed by atoms with E-state index in [4.69, 9.17) is 27.9 Å². The maximum atomic E-state index is 12.1. The number of halogens is 2. The van der Waals surface area contributed by atoms with Crippen molar-refractivity contribution in [1.29, 1.82) is 0 Å². The Morgan fingerprint density at radius 3 is 2.04 bits per heavy atom. The Morgan fingerprint density at radius 2 is 1.43 bits per heavy atom. The van der Waals surface area contributed by atoms with E-state index < -0.39 is 6.23 Å². The molecule has 3 aromatic carbocycles. The number of carbonyl (C=O) groups excluding carboxylic acids is 1. The number of hydrogen-bond acceptors (Lipinski definition) is 3. The lowest BCUT2D eigenvalue weighted by Crippen LogP contribution is -2.25. The maximum absolute atomic E-state index is 12.1. The molecule has 1 amide bonds. The lowest BCUT2D eigenvalue weighted by Gasteiger charge is -2.21. The normalized spacial score (nSPS) is 15.9. The van der Waals surface area contributed by atoms with Gasteiger partial charge in [0.25, 0.3) is 0 Å². The number of benzene rings is 3. The molecule has 140 valence electrons. The third-order valence-electron chi connectivity index (χ3n) is 4.45. The summed E-state index contributed by atoms with van der Waals surface area (Å²) in [6.07, 6.45) is -0.803. The standard InChI is InChI=1S/C22H16Cl2N2O2/c1-14(27)26-22(20-18(23)8-5-9-19(20)24)28-21(25-26)17-12-10-16(11-13-17)15-6-3-2-4-7-15/h2-13,22H,1H3/t22-/m0/s1. The molecule has 6 heteroatoms. The van der Waals surface area contributed by atoms with Gasteiger partial charge in [0.1, 0.15) is 0 Å². The van der Waals surface area contributed by atoms with Gasteiger partial charge < -0.3 is 4.74 Å². The first kappa shape index (κ1) is 18.5. The molecule has 0 bridgehead atoms. The molecule has 4 nitrogen and oxygen atoms in total. The number of rotatable bonds is 3. The topological polar surface area (TPSA) is 41.9 Å². The Labute approximate surface area is 173 Å². The first-order chi connectivity index (χ1) is 13.5. The van der Waals surface area contributed by atoms with Crippen LogP contribution in [0.4, 0.5) is 0 Å². The molecule has 1 aliphatic rings. The lowest BCUT2D eigenvalue weighted by atomic mass is 10.0. The second-order valence-corrected chi connectivity index (χ2v) is 7.13. The van der Waals surface area contributed by atoms with E-state index in [-0.39, 0.29) is 5.91 Å².